The first-order valence-electron chi connectivity index (χ1n) is 4.12. The van der Waals surface area contributed by atoms with Crippen molar-refractivity contribution in [2.24, 2.45) is 0 Å². The van der Waals surface area contributed by atoms with Crippen LogP contribution in [0.4, 0.5) is 5.82 Å². The number of hydrogen-bond donors (Lipinski definition) is 1. The summed E-state index contributed by atoms with van der Waals surface area (Å²) in [7, 11) is 0. The number of thioether (sulfide) groups is 1. The van der Waals surface area contributed by atoms with E-state index < -0.39 is 11.0 Å². The first-order valence-corrected chi connectivity index (χ1v) is 5.10. The molecule has 1 unspecified atom stereocenters. The fraction of sp³-hybridized carbons (Fsp3) is 0.571. The minimum absolute atomic E-state index is 0.0978. The zero-order valence-electron chi connectivity index (χ0n) is 7.51. The molecule has 1 aromatic heterocycles. The zero-order chi connectivity index (χ0) is 10.3. The number of aliphatic hydroxyl groups is 1. The molecule has 0 bridgehead atoms. The van der Waals surface area contributed by atoms with Gasteiger partial charge in [-0.15, -0.1) is 0 Å². The molecule has 0 fully saturated rings. The molecular weight excluding hydrogens is 206 g/mol. The summed E-state index contributed by atoms with van der Waals surface area (Å²) in [5.41, 5.74) is 0. The van der Waals surface area contributed by atoms with Crippen LogP contribution in [0.5, 0.6) is 0 Å². The zero-order valence-corrected chi connectivity index (χ0v) is 8.32. The number of aliphatic hydroxyl groups excluding tert-OH is 1. The van der Waals surface area contributed by atoms with Crippen molar-refractivity contribution in [3.05, 3.63) is 15.9 Å². The second kappa shape index (κ2) is 3.25. The lowest BCUT2D eigenvalue weighted by atomic mass is 10.4. The molecule has 1 aliphatic heterocycles. The van der Waals surface area contributed by atoms with E-state index in [0.29, 0.717) is 23.1 Å². The van der Waals surface area contributed by atoms with Gasteiger partial charge in [-0.05, 0) is 9.91 Å². The maximum atomic E-state index is 10.6. The highest BCUT2D eigenvalue weighted by molar-refractivity contribution is 7.99. The molecule has 2 heterocycles. The summed E-state index contributed by atoms with van der Waals surface area (Å²) in [6.45, 7) is 2.10. The molecule has 1 aromatic rings. The van der Waals surface area contributed by atoms with Crippen LogP contribution >= 0.6 is 11.8 Å². The fourth-order valence-electron chi connectivity index (χ4n) is 1.44. The number of imidazole rings is 1. The van der Waals surface area contributed by atoms with Gasteiger partial charge < -0.3 is 15.2 Å². The Morgan fingerprint density at radius 2 is 2.50 bits per heavy atom. The summed E-state index contributed by atoms with van der Waals surface area (Å²) in [5, 5.41) is 20.6. The number of nitro groups is 1. The number of nitrogens with zero attached hydrogens (tertiary/aromatic N) is 3. The van der Waals surface area contributed by atoms with Crippen LogP contribution in [0.25, 0.3) is 0 Å². The van der Waals surface area contributed by atoms with E-state index in [1.807, 2.05) is 0 Å². The first-order chi connectivity index (χ1) is 6.59. The van der Waals surface area contributed by atoms with Crippen molar-refractivity contribution in [2.75, 3.05) is 5.75 Å². The van der Waals surface area contributed by atoms with E-state index in [9.17, 15) is 15.2 Å². The first kappa shape index (κ1) is 9.47. The van der Waals surface area contributed by atoms with Crippen LogP contribution in [0.2, 0.25) is 0 Å². The van der Waals surface area contributed by atoms with Gasteiger partial charge in [0.15, 0.2) is 5.03 Å². The van der Waals surface area contributed by atoms with Crippen LogP contribution in [0.1, 0.15) is 5.82 Å². The molecule has 14 heavy (non-hydrogen) atoms. The van der Waals surface area contributed by atoms with E-state index in [2.05, 4.69) is 4.98 Å². The predicted molar refractivity (Wildman–Crippen MR) is 50.3 cm³/mol. The predicted octanol–water partition coefficient (Wildman–Crippen LogP) is 0.566. The van der Waals surface area contributed by atoms with Crippen molar-refractivity contribution in [1.82, 2.24) is 9.55 Å². The molecule has 0 saturated heterocycles. The van der Waals surface area contributed by atoms with Crippen LogP contribution in [-0.4, -0.2) is 31.4 Å². The molecule has 6 nitrogen and oxygen atoms in total. The highest BCUT2D eigenvalue weighted by Gasteiger charge is 2.30. The molecule has 1 aliphatic rings. The molecule has 76 valence electrons. The van der Waals surface area contributed by atoms with E-state index in [1.54, 1.807) is 11.5 Å². The van der Waals surface area contributed by atoms with Crippen molar-refractivity contribution in [3.63, 3.8) is 0 Å². The molecule has 0 saturated carbocycles. The van der Waals surface area contributed by atoms with Crippen LogP contribution in [0.3, 0.4) is 0 Å². The second-order valence-electron chi connectivity index (χ2n) is 3.12. The van der Waals surface area contributed by atoms with E-state index in [1.165, 1.54) is 11.8 Å². The molecule has 0 spiro atoms. The van der Waals surface area contributed by atoms with E-state index >= 15 is 0 Å². The summed E-state index contributed by atoms with van der Waals surface area (Å²) < 4.78 is 1.69. The van der Waals surface area contributed by atoms with E-state index in [4.69, 9.17) is 0 Å². The summed E-state index contributed by atoms with van der Waals surface area (Å²) in [4.78, 5) is 14.0. The molecule has 0 amide bonds. The van der Waals surface area contributed by atoms with Gasteiger partial charge in [0.05, 0.1) is 12.6 Å². The highest BCUT2D eigenvalue weighted by Crippen LogP contribution is 2.33. The van der Waals surface area contributed by atoms with Gasteiger partial charge in [-0.2, -0.15) is 0 Å². The average molecular weight is 215 g/mol. The quantitative estimate of drug-likeness (QED) is 0.547. The molecule has 1 atom stereocenters. The van der Waals surface area contributed by atoms with E-state index in [0.717, 1.165) is 0 Å². The monoisotopic (exact) mass is 215 g/mol. The molecule has 7 heteroatoms. The minimum Gasteiger partial charge on any atom is -0.390 e. The van der Waals surface area contributed by atoms with Crippen LogP contribution in [0.15, 0.2) is 5.03 Å². The Balaban J connectivity index is 2.49. The van der Waals surface area contributed by atoms with Gasteiger partial charge in [-0.3, -0.25) is 4.57 Å². The van der Waals surface area contributed by atoms with Gasteiger partial charge in [-0.1, -0.05) is 11.8 Å². The van der Waals surface area contributed by atoms with Gasteiger partial charge >= 0.3 is 5.82 Å². The second-order valence-corrected chi connectivity index (χ2v) is 4.13. The number of rotatable bonds is 1. The lowest BCUT2D eigenvalue weighted by Crippen LogP contribution is -2.24. The van der Waals surface area contributed by atoms with Crippen molar-refractivity contribution in [2.45, 2.75) is 24.6 Å². The standard InChI is InChI=1S/C7H9N3O3S/c1-4-8-6(10(12)13)7-9(4)2-5(11)3-14-7/h5,11H,2-3H2,1H3. The maximum Gasteiger partial charge on any atom is 0.396 e. The Morgan fingerprint density at radius 1 is 1.79 bits per heavy atom. The van der Waals surface area contributed by atoms with Crippen molar-refractivity contribution in [1.29, 1.82) is 0 Å². The van der Waals surface area contributed by atoms with Crippen molar-refractivity contribution < 1.29 is 10.0 Å². The minimum atomic E-state index is -0.483. The summed E-state index contributed by atoms with van der Waals surface area (Å²) in [6, 6.07) is 0. The molecule has 2 rings (SSSR count). The summed E-state index contributed by atoms with van der Waals surface area (Å²) in [5.74, 6) is 0.976. The van der Waals surface area contributed by atoms with Gasteiger partial charge in [-0.25, -0.2) is 0 Å². The molecule has 1 N–H and O–H groups in total. The fourth-order valence-corrected chi connectivity index (χ4v) is 2.51. The van der Waals surface area contributed by atoms with Crippen molar-refractivity contribution in [3.8, 4) is 0 Å². The van der Waals surface area contributed by atoms with Crippen LogP contribution in [-0.2, 0) is 6.54 Å². The molecule has 0 aromatic carbocycles. The Bertz CT molecular complexity index is 390. The Morgan fingerprint density at radius 3 is 3.14 bits per heavy atom. The van der Waals surface area contributed by atoms with Gasteiger partial charge in [0.25, 0.3) is 0 Å². The third-order valence-electron chi connectivity index (χ3n) is 2.07. The average Bonchev–Trinajstić information content (AvgIpc) is 2.44. The summed E-state index contributed by atoms with van der Waals surface area (Å²) in [6.07, 6.45) is -0.444. The van der Waals surface area contributed by atoms with Crippen molar-refractivity contribution >= 4 is 17.6 Å². The van der Waals surface area contributed by atoms with Crippen LogP contribution < -0.4 is 0 Å². The number of fused-ring (bicyclic) bond motifs is 1. The maximum absolute atomic E-state index is 10.6. The highest BCUT2D eigenvalue weighted by atomic mass is 32.2. The Labute approximate surface area is 84.1 Å². The van der Waals surface area contributed by atoms with Gasteiger partial charge in [0.1, 0.15) is 0 Å². The molecular formula is C7H9N3O3S. The van der Waals surface area contributed by atoms with Gasteiger partial charge in [0, 0.05) is 12.7 Å². The third-order valence-corrected chi connectivity index (χ3v) is 3.30. The number of aryl methyl sites for hydroxylation is 1. The number of hydrogen-bond acceptors (Lipinski definition) is 5. The smallest absolute Gasteiger partial charge is 0.390 e. The molecule has 0 aliphatic carbocycles. The van der Waals surface area contributed by atoms with Gasteiger partial charge in [0.2, 0.25) is 5.82 Å². The lowest BCUT2D eigenvalue weighted by molar-refractivity contribution is -0.392. The Hall–Kier alpha value is -1.08. The number of aromatic nitrogens is 2. The normalized spacial score (nSPS) is 20.6. The Kier molecular flexibility index (Phi) is 2.20. The topological polar surface area (TPSA) is 81.2 Å². The molecule has 0 radical (unpaired) electrons. The largest absolute Gasteiger partial charge is 0.396 e. The SMILES string of the molecule is Cc1nc([N+](=O)[O-])c2n1CC(O)CS2. The lowest BCUT2D eigenvalue weighted by Gasteiger charge is -2.18. The van der Waals surface area contributed by atoms with Crippen LogP contribution in [0, 0.1) is 17.0 Å². The van der Waals surface area contributed by atoms with E-state index in [-0.39, 0.29) is 5.82 Å². The summed E-state index contributed by atoms with van der Waals surface area (Å²) >= 11 is 1.28. The third kappa shape index (κ3) is 1.38.